The summed E-state index contributed by atoms with van der Waals surface area (Å²) in [4.78, 5) is 7.04. The Bertz CT molecular complexity index is 2250. The summed E-state index contributed by atoms with van der Waals surface area (Å²) in [6.07, 6.45) is 0. The van der Waals surface area contributed by atoms with Crippen molar-refractivity contribution in [1.82, 2.24) is 8.75 Å². The minimum absolute atomic E-state index is 0.0155. The lowest BCUT2D eigenvalue weighted by Crippen LogP contribution is -2.15. The molecule has 0 amide bonds. The van der Waals surface area contributed by atoms with Gasteiger partial charge in [0.2, 0.25) is 0 Å². The third-order valence-corrected chi connectivity index (χ3v) is 13.4. The Kier molecular flexibility index (Phi) is 4.45. The molecule has 0 unspecified atom stereocenters. The number of rotatable bonds is 1. The van der Waals surface area contributed by atoms with Crippen molar-refractivity contribution >= 4 is 77.6 Å². The third kappa shape index (κ3) is 2.78. The van der Waals surface area contributed by atoms with E-state index in [2.05, 4.69) is 98.8 Å². The van der Waals surface area contributed by atoms with Gasteiger partial charge in [0.05, 0.1) is 11.7 Å². The first-order chi connectivity index (χ1) is 19.1. The molecule has 0 saturated heterocycles. The Morgan fingerprint density at radius 2 is 1.38 bits per heavy atom. The summed E-state index contributed by atoms with van der Waals surface area (Å²) in [5, 5.41) is 4.20. The molecule has 6 heteroatoms. The van der Waals surface area contributed by atoms with Crippen LogP contribution in [0.5, 0.6) is 0 Å². The topological polar surface area (TPSA) is 25.8 Å². The molecule has 0 radical (unpaired) electrons. The highest BCUT2D eigenvalue weighted by molar-refractivity contribution is 7.27. The van der Waals surface area contributed by atoms with E-state index in [0.717, 1.165) is 11.0 Å². The zero-order valence-electron chi connectivity index (χ0n) is 23.1. The predicted octanol–water partition coefficient (Wildman–Crippen LogP) is 11.1. The van der Waals surface area contributed by atoms with Crippen LogP contribution in [0.1, 0.15) is 60.4 Å². The molecule has 2 aliphatic rings. The average molecular weight is 591 g/mol. The second-order valence-corrected chi connectivity index (χ2v) is 16.3. The lowest BCUT2D eigenvalue weighted by molar-refractivity contribution is 0.667. The van der Waals surface area contributed by atoms with E-state index in [1.165, 1.54) is 95.9 Å². The van der Waals surface area contributed by atoms with Gasteiger partial charge in [-0.2, -0.15) is 8.75 Å². The standard InChI is InChI=1S/C34H26N2S4/c1-15-7-9-18(29-28(15)35-40-36-29)25-14-23-31(38-25)32-27(34(23,5)6)21-12-17-8-10-19-26(20(17)13-24(21)39-32)33(3,4)22-11-16(2)37-30(19)22/h7-14H,1-6H3. The molecule has 0 aliphatic heterocycles. The molecule has 40 heavy (non-hydrogen) atoms. The summed E-state index contributed by atoms with van der Waals surface area (Å²) in [6, 6.07) is 19.0. The number of hydrogen-bond acceptors (Lipinski definition) is 6. The third-order valence-electron chi connectivity index (χ3n) is 9.35. The summed E-state index contributed by atoms with van der Waals surface area (Å²) in [6.45, 7) is 14.0. The van der Waals surface area contributed by atoms with Gasteiger partial charge >= 0.3 is 0 Å². The van der Waals surface area contributed by atoms with Crippen LogP contribution in [-0.4, -0.2) is 8.75 Å². The fraction of sp³-hybridized carbons (Fsp3) is 0.235. The molecule has 0 bridgehead atoms. The number of aromatic nitrogens is 2. The zero-order valence-corrected chi connectivity index (χ0v) is 26.4. The van der Waals surface area contributed by atoms with E-state index in [4.69, 9.17) is 0 Å². The fourth-order valence-electron chi connectivity index (χ4n) is 7.35. The maximum atomic E-state index is 4.68. The Morgan fingerprint density at radius 1 is 0.625 bits per heavy atom. The Balaban J connectivity index is 1.27. The molecule has 2 nitrogen and oxygen atoms in total. The van der Waals surface area contributed by atoms with E-state index >= 15 is 0 Å². The molecule has 0 fully saturated rings. The SMILES string of the molecule is Cc1cc2c(s1)-c1ccc3cc4c5c(sc4cc3c1C2(C)C)-c1sc(-c2ccc(C)c3nsnc23)cc1C5(C)C. The van der Waals surface area contributed by atoms with Crippen molar-refractivity contribution in [2.75, 3.05) is 0 Å². The summed E-state index contributed by atoms with van der Waals surface area (Å²) in [5.41, 5.74) is 11.8. The minimum atomic E-state index is -0.0484. The molecular formula is C34H26N2S4. The fourth-order valence-corrected chi connectivity index (χ4v) is 12.1. The molecule has 0 N–H and O–H groups in total. The number of nitrogens with zero attached hydrogens (tertiary/aromatic N) is 2. The van der Waals surface area contributed by atoms with Crippen LogP contribution in [0.3, 0.4) is 0 Å². The van der Waals surface area contributed by atoms with Gasteiger partial charge in [-0.1, -0.05) is 52.0 Å². The molecule has 0 atom stereocenters. The van der Waals surface area contributed by atoms with Crippen LogP contribution in [0.25, 0.3) is 62.5 Å². The Labute approximate surface area is 249 Å². The van der Waals surface area contributed by atoms with Gasteiger partial charge in [-0.25, -0.2) is 0 Å². The van der Waals surface area contributed by atoms with Gasteiger partial charge in [0.1, 0.15) is 11.0 Å². The van der Waals surface area contributed by atoms with Gasteiger partial charge in [-0.3, -0.25) is 0 Å². The van der Waals surface area contributed by atoms with Gasteiger partial charge in [0.15, 0.2) is 0 Å². The van der Waals surface area contributed by atoms with Gasteiger partial charge in [0.25, 0.3) is 0 Å². The number of fused-ring (bicyclic) bond motifs is 11. The molecule has 196 valence electrons. The van der Waals surface area contributed by atoms with Crippen molar-refractivity contribution < 1.29 is 0 Å². The molecule has 0 spiro atoms. The smallest absolute Gasteiger partial charge is 0.113 e. The van der Waals surface area contributed by atoms with Crippen LogP contribution >= 0.6 is 45.7 Å². The van der Waals surface area contributed by atoms with E-state index in [9.17, 15) is 0 Å². The van der Waals surface area contributed by atoms with Crippen LogP contribution in [0.2, 0.25) is 0 Å². The van der Waals surface area contributed by atoms with E-state index in [0.29, 0.717) is 0 Å². The van der Waals surface area contributed by atoms with E-state index < -0.39 is 0 Å². The molecular weight excluding hydrogens is 565 g/mol. The molecule has 9 rings (SSSR count). The summed E-state index contributed by atoms with van der Waals surface area (Å²) < 4.78 is 10.7. The van der Waals surface area contributed by atoms with Crippen LogP contribution in [-0.2, 0) is 10.8 Å². The van der Waals surface area contributed by atoms with Crippen molar-refractivity contribution in [3.05, 3.63) is 81.2 Å². The largest absolute Gasteiger partial charge is 0.173 e. The second kappa shape index (κ2) is 7.48. The molecule has 4 aromatic heterocycles. The molecule has 2 aliphatic carbocycles. The van der Waals surface area contributed by atoms with Gasteiger partial charge in [-0.15, -0.1) is 34.0 Å². The number of benzene rings is 3. The quantitative estimate of drug-likeness (QED) is 0.190. The van der Waals surface area contributed by atoms with Crippen molar-refractivity contribution in [2.24, 2.45) is 0 Å². The highest BCUT2D eigenvalue weighted by Gasteiger charge is 2.42. The maximum Gasteiger partial charge on any atom is 0.113 e. The van der Waals surface area contributed by atoms with Crippen molar-refractivity contribution in [3.8, 4) is 30.6 Å². The molecule has 0 saturated carbocycles. The van der Waals surface area contributed by atoms with Gasteiger partial charge in [-0.05, 0) is 87.7 Å². The van der Waals surface area contributed by atoms with Crippen LogP contribution in [0.4, 0.5) is 0 Å². The number of thiophene rings is 3. The predicted molar refractivity (Wildman–Crippen MR) is 176 cm³/mol. The van der Waals surface area contributed by atoms with Gasteiger partial charge < -0.3 is 0 Å². The van der Waals surface area contributed by atoms with E-state index in [1.807, 2.05) is 34.0 Å². The summed E-state index contributed by atoms with van der Waals surface area (Å²) >= 11 is 7.17. The first kappa shape index (κ1) is 23.8. The van der Waals surface area contributed by atoms with Crippen LogP contribution < -0.4 is 0 Å². The Morgan fingerprint density at radius 3 is 2.23 bits per heavy atom. The van der Waals surface area contributed by atoms with Crippen LogP contribution in [0.15, 0.2) is 48.5 Å². The molecule has 3 aromatic carbocycles. The van der Waals surface area contributed by atoms with E-state index in [1.54, 1.807) is 0 Å². The van der Waals surface area contributed by atoms with E-state index in [-0.39, 0.29) is 10.8 Å². The lowest BCUT2D eigenvalue weighted by Gasteiger charge is -2.23. The van der Waals surface area contributed by atoms with Gasteiger partial charge in [0, 0.05) is 45.5 Å². The normalized spacial score (nSPS) is 16.1. The highest BCUT2D eigenvalue weighted by Crippen LogP contribution is 2.61. The monoisotopic (exact) mass is 590 g/mol. The van der Waals surface area contributed by atoms with Crippen LogP contribution in [0, 0.1) is 13.8 Å². The average Bonchev–Trinajstić information content (AvgIpc) is 3.73. The van der Waals surface area contributed by atoms with Crippen molar-refractivity contribution in [3.63, 3.8) is 0 Å². The first-order valence-corrected chi connectivity index (χ1v) is 16.8. The minimum Gasteiger partial charge on any atom is -0.173 e. The molecule has 4 heterocycles. The Hall–Kier alpha value is -2.90. The number of hydrogen-bond donors (Lipinski definition) is 0. The maximum absolute atomic E-state index is 4.68. The number of aryl methyl sites for hydroxylation is 2. The second-order valence-electron chi connectivity index (χ2n) is 12.5. The highest BCUT2D eigenvalue weighted by atomic mass is 32.1. The zero-order chi connectivity index (χ0) is 27.3. The summed E-state index contributed by atoms with van der Waals surface area (Å²) in [7, 11) is 0. The first-order valence-electron chi connectivity index (χ1n) is 13.7. The summed E-state index contributed by atoms with van der Waals surface area (Å²) in [5.74, 6) is 0. The molecule has 7 aromatic rings. The van der Waals surface area contributed by atoms with Crippen molar-refractivity contribution in [2.45, 2.75) is 52.4 Å². The van der Waals surface area contributed by atoms with Crippen molar-refractivity contribution in [1.29, 1.82) is 0 Å². The lowest BCUT2D eigenvalue weighted by atomic mass is 9.79.